The van der Waals surface area contributed by atoms with E-state index < -0.39 is 16.9 Å². The maximum Gasteiger partial charge on any atom is 0.0734 e. The van der Waals surface area contributed by atoms with Gasteiger partial charge in [0.15, 0.2) is 0 Å². The maximum absolute atomic E-state index is 9.27. The van der Waals surface area contributed by atoms with Crippen LogP contribution in [-0.2, 0) is 10.8 Å². The van der Waals surface area contributed by atoms with Gasteiger partial charge in [-0.05, 0) is 139 Å². The van der Waals surface area contributed by atoms with E-state index in [9.17, 15) is 2.74 Å². The van der Waals surface area contributed by atoms with Crippen LogP contribution in [0.1, 0.15) is 51.4 Å². The van der Waals surface area contributed by atoms with Crippen molar-refractivity contribution in [3.05, 3.63) is 323 Å². The minimum absolute atomic E-state index is 0.0874. The number of fused-ring (bicyclic) bond motifs is 13. The average Bonchev–Trinajstić information content (AvgIpc) is 4.27. The predicted molar refractivity (Wildman–Crippen MR) is 289 cm³/mol. The van der Waals surface area contributed by atoms with Gasteiger partial charge in [-0.15, -0.1) is 0 Å². The van der Waals surface area contributed by atoms with Crippen LogP contribution in [0, 0.1) is 0 Å². The summed E-state index contributed by atoms with van der Waals surface area (Å²) in [7, 11) is 0. The molecule has 0 aromatic heterocycles. The third-order valence-electron chi connectivity index (χ3n) is 15.0. The lowest BCUT2D eigenvalue weighted by Gasteiger charge is -2.38. The van der Waals surface area contributed by atoms with Gasteiger partial charge in [0.25, 0.3) is 0 Å². The molecule has 14 rings (SSSR count). The Balaban J connectivity index is 1.05. The Bertz CT molecular complexity index is 4010. The summed E-state index contributed by atoms with van der Waals surface area (Å²) in [4.78, 5) is 4.28. The lowest BCUT2D eigenvalue weighted by atomic mass is 9.67. The van der Waals surface area contributed by atoms with Crippen LogP contribution in [0.15, 0.2) is 279 Å². The van der Waals surface area contributed by atoms with Crippen molar-refractivity contribution in [1.82, 2.24) is 0 Å². The van der Waals surface area contributed by atoms with Gasteiger partial charge in [0.2, 0.25) is 0 Å². The number of rotatable bonds is 8. The Labute approximate surface area is 416 Å². The van der Waals surface area contributed by atoms with Gasteiger partial charge >= 0.3 is 0 Å². The van der Waals surface area contributed by atoms with Gasteiger partial charge in [-0.25, -0.2) is 0 Å². The van der Waals surface area contributed by atoms with Gasteiger partial charge in [-0.2, -0.15) is 0 Å². The molecular formula is C68H46N2. The minimum atomic E-state index is -0.818. The van der Waals surface area contributed by atoms with Crippen LogP contribution in [0.25, 0.3) is 33.4 Å². The molecule has 0 N–H and O–H groups in total. The Morgan fingerprint density at radius 2 is 0.671 bits per heavy atom. The third kappa shape index (κ3) is 5.62. The standard InChI is InChI=1S/C68H46N2/c1-6-23-47(24-7-1)67(48-25-8-2-9-26-48)60-37-19-18-35-56(60)59-36-22-40-65(66(59)67)70(51-31-14-5-15-32-51)53-42-44-58-55-34-17-21-39-62(55)68(64(58)46-53)61-38-20-16-33-54(61)57-43-41-52(45-63(57)68)69(49-27-10-3-11-28-49)50-29-12-4-13-30-50/h1-46H/i3D,10D,11D,27D,28D. The molecule has 0 heterocycles. The molecule has 70 heavy (non-hydrogen) atoms. The summed E-state index contributed by atoms with van der Waals surface area (Å²) in [6.07, 6.45) is 0. The van der Waals surface area contributed by atoms with Gasteiger partial charge in [0.05, 0.1) is 23.4 Å². The van der Waals surface area contributed by atoms with Gasteiger partial charge < -0.3 is 9.80 Å². The quantitative estimate of drug-likeness (QED) is 0.150. The largest absolute Gasteiger partial charge is 0.310 e. The zero-order chi connectivity index (χ0) is 50.6. The van der Waals surface area contributed by atoms with E-state index in [4.69, 9.17) is 4.11 Å². The number of hydrogen-bond donors (Lipinski definition) is 0. The highest BCUT2D eigenvalue weighted by Crippen LogP contribution is 2.65. The fourth-order valence-electron chi connectivity index (χ4n) is 12.4. The summed E-state index contributed by atoms with van der Waals surface area (Å²) in [6, 6.07) is 87.0. The highest BCUT2D eigenvalue weighted by molar-refractivity contribution is 5.99. The molecule has 0 amide bonds. The van der Waals surface area contributed by atoms with E-state index in [1.54, 1.807) is 0 Å². The highest BCUT2D eigenvalue weighted by Gasteiger charge is 2.53. The number of benzene rings is 11. The molecule has 11 aromatic carbocycles. The summed E-state index contributed by atoms with van der Waals surface area (Å²) in [5.74, 6) is 0. The number of para-hydroxylation sites is 3. The van der Waals surface area contributed by atoms with Crippen molar-refractivity contribution in [2.45, 2.75) is 10.8 Å². The number of nitrogens with zero attached hydrogens (tertiary/aromatic N) is 2. The Kier molecular flexibility index (Phi) is 7.95. The molecular weight excluding hydrogens is 845 g/mol. The molecule has 0 fully saturated rings. The molecule has 2 heteroatoms. The number of hydrogen-bond acceptors (Lipinski definition) is 2. The van der Waals surface area contributed by atoms with Crippen LogP contribution < -0.4 is 9.80 Å². The Hall–Kier alpha value is -8.98. The summed E-state index contributed by atoms with van der Waals surface area (Å²) in [6.45, 7) is 0. The first kappa shape index (κ1) is 35.2. The normalized spacial score (nSPS) is 16.0. The van der Waals surface area contributed by atoms with E-state index in [1.165, 1.54) is 33.4 Å². The highest BCUT2D eigenvalue weighted by atomic mass is 15.2. The minimum Gasteiger partial charge on any atom is -0.310 e. The Morgan fingerprint density at radius 3 is 1.20 bits per heavy atom. The summed E-state index contributed by atoms with van der Waals surface area (Å²) >= 11 is 0. The average molecular weight is 896 g/mol. The van der Waals surface area contributed by atoms with E-state index in [2.05, 4.69) is 217 Å². The number of anilines is 6. The van der Waals surface area contributed by atoms with Gasteiger partial charge in [-0.1, -0.05) is 212 Å². The molecule has 328 valence electrons. The summed E-state index contributed by atoms with van der Waals surface area (Å²) in [5, 5.41) is 0. The Morgan fingerprint density at radius 1 is 0.271 bits per heavy atom. The third-order valence-corrected chi connectivity index (χ3v) is 15.0. The topological polar surface area (TPSA) is 6.48 Å². The SMILES string of the molecule is [2H]c1c([2H])c([2H])c(N(c2ccccc2)c2ccc3c(c2)C2(c4ccccc4-c4ccc(N(c5ccccc5)c5cccc6c5C(c5ccccc5)(c5ccccc5)c5ccccc5-6)cc42)c2ccccc2-3)c([2H])c1[2H]. The van der Waals surface area contributed by atoms with Crippen molar-refractivity contribution in [2.75, 3.05) is 9.80 Å². The van der Waals surface area contributed by atoms with Crippen LogP contribution in [-0.4, -0.2) is 0 Å². The molecule has 3 aliphatic carbocycles. The molecule has 1 unspecified atom stereocenters. The van der Waals surface area contributed by atoms with Crippen LogP contribution in [0.2, 0.25) is 0 Å². The molecule has 1 atom stereocenters. The van der Waals surface area contributed by atoms with E-state index in [1.807, 2.05) is 41.3 Å². The molecule has 3 aliphatic rings. The van der Waals surface area contributed by atoms with Gasteiger partial charge in [0.1, 0.15) is 0 Å². The smallest absolute Gasteiger partial charge is 0.0734 e. The van der Waals surface area contributed by atoms with E-state index in [0.29, 0.717) is 11.4 Å². The van der Waals surface area contributed by atoms with Crippen LogP contribution >= 0.6 is 0 Å². The second-order valence-corrected chi connectivity index (χ2v) is 18.3. The molecule has 0 radical (unpaired) electrons. The van der Waals surface area contributed by atoms with Crippen molar-refractivity contribution < 1.29 is 6.85 Å². The lowest BCUT2D eigenvalue weighted by Crippen LogP contribution is -2.30. The van der Waals surface area contributed by atoms with Crippen molar-refractivity contribution >= 4 is 34.1 Å². The zero-order valence-corrected chi connectivity index (χ0v) is 38.1. The molecule has 0 saturated carbocycles. The second kappa shape index (κ2) is 15.8. The molecule has 0 saturated heterocycles. The first-order valence-corrected chi connectivity index (χ1v) is 23.9. The molecule has 11 aromatic rings. The van der Waals surface area contributed by atoms with Crippen LogP contribution in [0.5, 0.6) is 0 Å². The summed E-state index contributed by atoms with van der Waals surface area (Å²) in [5.41, 5.74) is 19.2. The molecule has 1 spiro atoms. The van der Waals surface area contributed by atoms with Crippen LogP contribution in [0.3, 0.4) is 0 Å². The summed E-state index contributed by atoms with van der Waals surface area (Å²) < 4.78 is 44.6. The van der Waals surface area contributed by atoms with Crippen molar-refractivity contribution in [3.63, 3.8) is 0 Å². The van der Waals surface area contributed by atoms with E-state index in [-0.39, 0.29) is 29.9 Å². The first-order chi connectivity index (χ1) is 36.8. The van der Waals surface area contributed by atoms with E-state index >= 15 is 0 Å². The van der Waals surface area contributed by atoms with Gasteiger partial charge in [0, 0.05) is 34.0 Å². The monoisotopic (exact) mass is 895 g/mol. The maximum atomic E-state index is 9.27. The fraction of sp³-hybridized carbons (Fsp3) is 0.0294. The lowest BCUT2D eigenvalue weighted by molar-refractivity contribution is 0.767. The van der Waals surface area contributed by atoms with Gasteiger partial charge in [-0.3, -0.25) is 0 Å². The fourth-order valence-corrected chi connectivity index (χ4v) is 12.4. The predicted octanol–water partition coefficient (Wildman–Crippen LogP) is 17.3. The van der Waals surface area contributed by atoms with E-state index in [0.717, 1.165) is 61.6 Å². The molecule has 0 aliphatic heterocycles. The van der Waals surface area contributed by atoms with Crippen molar-refractivity contribution in [1.29, 1.82) is 0 Å². The second-order valence-electron chi connectivity index (χ2n) is 18.3. The van der Waals surface area contributed by atoms with Crippen LogP contribution in [0.4, 0.5) is 34.1 Å². The molecule has 0 bridgehead atoms. The van der Waals surface area contributed by atoms with Crippen molar-refractivity contribution in [2.24, 2.45) is 0 Å². The van der Waals surface area contributed by atoms with Crippen molar-refractivity contribution in [3.8, 4) is 33.4 Å². The zero-order valence-electron chi connectivity index (χ0n) is 43.1. The molecule has 2 nitrogen and oxygen atoms in total. The first-order valence-electron chi connectivity index (χ1n) is 26.4.